The molecule has 2 amide bonds. The lowest BCUT2D eigenvalue weighted by Crippen LogP contribution is -2.56. The summed E-state index contributed by atoms with van der Waals surface area (Å²) in [6, 6.07) is 7.27. The van der Waals surface area contributed by atoms with E-state index in [1.807, 2.05) is 31.2 Å². The first-order valence-electron chi connectivity index (χ1n) is 7.66. The minimum Gasteiger partial charge on any atom is -0.349 e. The molecule has 1 aliphatic heterocycles. The monoisotopic (exact) mass is 322 g/mol. The van der Waals surface area contributed by atoms with Gasteiger partial charge in [-0.2, -0.15) is 0 Å². The molecule has 0 bridgehead atoms. The first kappa shape index (κ1) is 16.8. The fourth-order valence-electron chi connectivity index (χ4n) is 2.60. The number of carbonyl (C=O) groups is 2. The van der Waals surface area contributed by atoms with Crippen LogP contribution >= 0.6 is 11.6 Å². The fraction of sp³-hybridized carbons (Fsp3) is 0.529. The quantitative estimate of drug-likeness (QED) is 0.875. The van der Waals surface area contributed by atoms with E-state index in [0.29, 0.717) is 24.3 Å². The van der Waals surface area contributed by atoms with Crippen molar-refractivity contribution in [2.75, 3.05) is 0 Å². The number of benzene rings is 1. The molecule has 1 aromatic rings. The highest BCUT2D eigenvalue weighted by atomic mass is 35.5. The Balaban J connectivity index is 2.08. The van der Waals surface area contributed by atoms with Gasteiger partial charge in [0.15, 0.2) is 0 Å². The third-order valence-electron chi connectivity index (χ3n) is 4.48. The molecule has 4 nitrogen and oxygen atoms in total. The second-order valence-electron chi connectivity index (χ2n) is 6.52. The molecule has 1 fully saturated rings. The highest BCUT2D eigenvalue weighted by Crippen LogP contribution is 2.24. The van der Waals surface area contributed by atoms with Crippen LogP contribution in [0.5, 0.6) is 0 Å². The topological polar surface area (TPSA) is 58.2 Å². The molecule has 5 heteroatoms. The summed E-state index contributed by atoms with van der Waals surface area (Å²) in [6.45, 7) is 6.22. The van der Waals surface area contributed by atoms with Crippen LogP contribution in [0.4, 0.5) is 0 Å². The maximum Gasteiger partial charge on any atom is 0.243 e. The number of hydrogen-bond donors (Lipinski definition) is 2. The highest BCUT2D eigenvalue weighted by Gasteiger charge is 2.35. The first-order chi connectivity index (χ1) is 10.3. The van der Waals surface area contributed by atoms with E-state index in [1.54, 1.807) is 0 Å². The molecule has 0 saturated carbocycles. The molecule has 1 aromatic carbocycles. The van der Waals surface area contributed by atoms with E-state index in [1.165, 1.54) is 0 Å². The molecule has 0 unspecified atom stereocenters. The summed E-state index contributed by atoms with van der Waals surface area (Å²) in [5.74, 6) is 0.101. The fourth-order valence-corrected chi connectivity index (χ4v) is 2.72. The van der Waals surface area contributed by atoms with Crippen LogP contribution in [0.2, 0.25) is 5.02 Å². The van der Waals surface area contributed by atoms with E-state index in [4.69, 9.17) is 11.6 Å². The summed E-state index contributed by atoms with van der Waals surface area (Å²) in [6.07, 6.45) is 1.71. The zero-order valence-electron chi connectivity index (χ0n) is 13.3. The van der Waals surface area contributed by atoms with E-state index in [9.17, 15) is 9.59 Å². The van der Waals surface area contributed by atoms with E-state index in [0.717, 1.165) is 5.56 Å². The van der Waals surface area contributed by atoms with Gasteiger partial charge in [-0.3, -0.25) is 9.59 Å². The number of amides is 2. The van der Waals surface area contributed by atoms with Gasteiger partial charge in [-0.05, 0) is 43.4 Å². The predicted octanol–water partition coefficient (Wildman–Crippen LogP) is 2.69. The Morgan fingerprint density at radius 3 is 2.55 bits per heavy atom. The molecular formula is C17H23ClN2O2. The smallest absolute Gasteiger partial charge is 0.243 e. The van der Waals surface area contributed by atoms with E-state index < -0.39 is 6.04 Å². The summed E-state index contributed by atoms with van der Waals surface area (Å²) in [5.41, 5.74) is 0.745. The van der Waals surface area contributed by atoms with Crippen LogP contribution in [0.25, 0.3) is 0 Å². The maximum atomic E-state index is 12.4. The van der Waals surface area contributed by atoms with Crippen LogP contribution in [0.1, 0.15) is 39.2 Å². The van der Waals surface area contributed by atoms with Crippen molar-refractivity contribution in [2.45, 2.75) is 51.6 Å². The molecule has 1 saturated heterocycles. The Kier molecular flexibility index (Phi) is 5.12. The molecule has 120 valence electrons. The van der Waals surface area contributed by atoms with Gasteiger partial charge >= 0.3 is 0 Å². The Hall–Kier alpha value is -1.55. The van der Waals surface area contributed by atoms with E-state index >= 15 is 0 Å². The largest absolute Gasteiger partial charge is 0.349 e. The Morgan fingerprint density at radius 1 is 1.41 bits per heavy atom. The van der Waals surface area contributed by atoms with Crippen molar-refractivity contribution in [3.8, 4) is 0 Å². The molecule has 0 spiro atoms. The van der Waals surface area contributed by atoms with Gasteiger partial charge in [0, 0.05) is 17.0 Å². The lowest BCUT2D eigenvalue weighted by Gasteiger charge is -2.36. The summed E-state index contributed by atoms with van der Waals surface area (Å²) >= 11 is 5.92. The second kappa shape index (κ2) is 6.69. The molecule has 2 N–H and O–H groups in total. The van der Waals surface area contributed by atoms with Crippen molar-refractivity contribution < 1.29 is 9.59 Å². The molecule has 1 aliphatic rings. The number of carbonyl (C=O) groups excluding carboxylic acids is 2. The van der Waals surface area contributed by atoms with Crippen molar-refractivity contribution in [1.29, 1.82) is 0 Å². The minimum absolute atomic E-state index is 0.0518. The van der Waals surface area contributed by atoms with Gasteiger partial charge in [-0.25, -0.2) is 0 Å². The van der Waals surface area contributed by atoms with E-state index in [-0.39, 0.29) is 23.3 Å². The van der Waals surface area contributed by atoms with Gasteiger partial charge < -0.3 is 10.6 Å². The van der Waals surface area contributed by atoms with Gasteiger partial charge in [0.1, 0.15) is 6.04 Å². The molecule has 1 heterocycles. The van der Waals surface area contributed by atoms with E-state index in [2.05, 4.69) is 24.5 Å². The average molecular weight is 323 g/mol. The second-order valence-corrected chi connectivity index (χ2v) is 6.96. The Morgan fingerprint density at radius 2 is 2.05 bits per heavy atom. The molecule has 2 rings (SSSR count). The number of rotatable bonds is 5. The highest BCUT2D eigenvalue weighted by molar-refractivity contribution is 6.30. The van der Waals surface area contributed by atoms with Crippen LogP contribution in [0.15, 0.2) is 24.3 Å². The summed E-state index contributed by atoms with van der Waals surface area (Å²) in [5, 5.41) is 6.55. The maximum absolute atomic E-state index is 12.4. The molecule has 0 aliphatic carbocycles. The van der Waals surface area contributed by atoms with Crippen molar-refractivity contribution in [3.63, 3.8) is 0 Å². The predicted molar refractivity (Wildman–Crippen MR) is 87.7 cm³/mol. The standard InChI is InChI=1S/C17H23ClN2O2/c1-11(2)17(3,10-12-4-6-13(18)7-5-12)20-16(22)14-8-9-15(21)19-14/h4-7,11,14H,8-10H2,1-3H3,(H,19,21)(H,20,22)/t14-,17+/m1/s1. The lowest BCUT2D eigenvalue weighted by molar-refractivity contribution is -0.127. The molecular weight excluding hydrogens is 300 g/mol. The zero-order valence-corrected chi connectivity index (χ0v) is 14.0. The molecule has 0 radical (unpaired) electrons. The SMILES string of the molecule is CC(C)[C@](C)(Cc1ccc(Cl)cc1)NC(=O)[C@H]1CCC(=O)N1. The van der Waals surface area contributed by atoms with Gasteiger partial charge in [0.2, 0.25) is 11.8 Å². The van der Waals surface area contributed by atoms with Crippen LogP contribution in [-0.4, -0.2) is 23.4 Å². The van der Waals surface area contributed by atoms with Crippen molar-refractivity contribution in [3.05, 3.63) is 34.9 Å². The van der Waals surface area contributed by atoms with Crippen molar-refractivity contribution in [2.24, 2.45) is 5.92 Å². The lowest BCUT2D eigenvalue weighted by atomic mass is 9.82. The minimum atomic E-state index is -0.407. The van der Waals surface area contributed by atoms with Gasteiger partial charge in [0.25, 0.3) is 0 Å². The van der Waals surface area contributed by atoms with Crippen LogP contribution in [-0.2, 0) is 16.0 Å². The van der Waals surface area contributed by atoms with Crippen molar-refractivity contribution in [1.82, 2.24) is 10.6 Å². The Bertz CT molecular complexity index is 556. The van der Waals surface area contributed by atoms with Gasteiger partial charge in [-0.1, -0.05) is 37.6 Å². The zero-order chi connectivity index (χ0) is 16.3. The van der Waals surface area contributed by atoms with Gasteiger partial charge in [0.05, 0.1) is 0 Å². The molecule has 0 aromatic heterocycles. The van der Waals surface area contributed by atoms with Crippen LogP contribution < -0.4 is 10.6 Å². The number of halogens is 1. The van der Waals surface area contributed by atoms with Crippen molar-refractivity contribution >= 4 is 23.4 Å². The molecule has 2 atom stereocenters. The molecule has 22 heavy (non-hydrogen) atoms. The Labute approximate surface area is 136 Å². The summed E-state index contributed by atoms with van der Waals surface area (Å²) < 4.78 is 0. The number of nitrogens with one attached hydrogen (secondary N) is 2. The first-order valence-corrected chi connectivity index (χ1v) is 8.04. The van der Waals surface area contributed by atoms with Crippen LogP contribution in [0.3, 0.4) is 0 Å². The number of hydrogen-bond acceptors (Lipinski definition) is 2. The normalized spacial score (nSPS) is 20.6. The average Bonchev–Trinajstić information content (AvgIpc) is 2.88. The summed E-state index contributed by atoms with van der Waals surface area (Å²) in [4.78, 5) is 23.7. The van der Waals surface area contributed by atoms with Gasteiger partial charge in [-0.15, -0.1) is 0 Å². The third-order valence-corrected chi connectivity index (χ3v) is 4.73. The third kappa shape index (κ3) is 4.01. The summed E-state index contributed by atoms with van der Waals surface area (Å²) in [7, 11) is 0. The van der Waals surface area contributed by atoms with Crippen LogP contribution in [0, 0.1) is 5.92 Å².